The first-order valence-electron chi connectivity index (χ1n) is 3.36. The number of carbonyl (C=O) groups excluding carboxylic acids is 1. The number of hydrogen-bond donors (Lipinski definition) is 0. The fourth-order valence-corrected chi connectivity index (χ4v) is 1.42. The van der Waals surface area contributed by atoms with Gasteiger partial charge in [-0.05, 0) is 12.8 Å². The van der Waals surface area contributed by atoms with Gasteiger partial charge >= 0.3 is 0 Å². The van der Waals surface area contributed by atoms with Crippen molar-refractivity contribution in [2.75, 3.05) is 0 Å². The smallest absolute Gasteiger partial charge is 0.228 e. The predicted octanol–water partition coefficient (Wildman–Crippen LogP) is 0.895. The molecule has 2 heterocycles. The number of amides is 1. The maximum atomic E-state index is 10.7. The maximum Gasteiger partial charge on any atom is 0.228 e. The summed E-state index contributed by atoms with van der Waals surface area (Å²) in [6.45, 7) is 0. The lowest BCUT2D eigenvalue weighted by Crippen LogP contribution is -2.50. The van der Waals surface area contributed by atoms with E-state index >= 15 is 0 Å². The van der Waals surface area contributed by atoms with Gasteiger partial charge in [0.1, 0.15) is 0 Å². The molecule has 0 N–H and O–H groups in total. The zero-order valence-electron chi connectivity index (χ0n) is 5.21. The minimum Gasteiger partial charge on any atom is -0.316 e. The van der Waals surface area contributed by atoms with Crippen LogP contribution < -0.4 is 0 Å². The topological polar surface area (TPSA) is 20.3 Å². The van der Waals surface area contributed by atoms with Crippen LogP contribution in [-0.4, -0.2) is 16.8 Å². The van der Waals surface area contributed by atoms with E-state index < -0.39 is 0 Å². The van der Waals surface area contributed by atoms with E-state index in [2.05, 4.69) is 6.08 Å². The quantitative estimate of drug-likeness (QED) is 0.438. The van der Waals surface area contributed by atoms with Crippen LogP contribution in [0, 0.1) is 0 Å². The normalized spacial score (nSPS) is 31.8. The lowest BCUT2D eigenvalue weighted by molar-refractivity contribution is -0.141. The number of β-lactam (4-membered cyclic amide) rings is 1. The maximum absolute atomic E-state index is 10.7. The number of carbonyl (C=O) groups is 1. The fourth-order valence-electron chi connectivity index (χ4n) is 1.42. The number of hydrogen-bond acceptors (Lipinski definition) is 1. The van der Waals surface area contributed by atoms with Crippen molar-refractivity contribution in [1.29, 1.82) is 0 Å². The Kier molecular flexibility index (Phi) is 0.891. The van der Waals surface area contributed by atoms with Gasteiger partial charge in [0.25, 0.3) is 0 Å². The molecule has 0 aromatic rings. The molecule has 48 valence electrons. The summed E-state index contributed by atoms with van der Waals surface area (Å²) in [6.07, 6.45) is 7.08. The largest absolute Gasteiger partial charge is 0.316 e. The Labute approximate surface area is 54.1 Å². The highest BCUT2D eigenvalue weighted by Crippen LogP contribution is 2.27. The van der Waals surface area contributed by atoms with E-state index in [0.29, 0.717) is 6.04 Å². The molecule has 9 heavy (non-hydrogen) atoms. The molecule has 0 radical (unpaired) electrons. The third-order valence-electron chi connectivity index (χ3n) is 2.02. The highest BCUT2D eigenvalue weighted by atomic mass is 16.2. The Morgan fingerprint density at radius 2 is 2.56 bits per heavy atom. The Morgan fingerprint density at radius 1 is 1.67 bits per heavy atom. The van der Waals surface area contributed by atoms with Crippen LogP contribution in [0.1, 0.15) is 19.3 Å². The van der Waals surface area contributed by atoms with E-state index in [9.17, 15) is 4.79 Å². The molecule has 2 aliphatic heterocycles. The number of nitrogens with zero attached hydrogens (tertiary/aromatic N) is 1. The summed E-state index contributed by atoms with van der Waals surface area (Å²) in [5.41, 5.74) is 0. The second-order valence-electron chi connectivity index (χ2n) is 2.62. The monoisotopic (exact) mass is 123 g/mol. The van der Waals surface area contributed by atoms with Crippen LogP contribution >= 0.6 is 0 Å². The van der Waals surface area contributed by atoms with Crippen LogP contribution in [0.3, 0.4) is 0 Å². The second-order valence-corrected chi connectivity index (χ2v) is 2.62. The van der Waals surface area contributed by atoms with E-state index in [0.717, 1.165) is 12.8 Å². The minimum absolute atomic E-state index is 0.288. The molecule has 2 rings (SSSR count). The molecular weight excluding hydrogens is 114 g/mol. The molecule has 2 heteroatoms. The van der Waals surface area contributed by atoms with Crippen molar-refractivity contribution in [3.63, 3.8) is 0 Å². The van der Waals surface area contributed by atoms with Gasteiger partial charge < -0.3 is 4.90 Å². The van der Waals surface area contributed by atoms with Gasteiger partial charge in [-0.15, -0.1) is 0 Å². The standard InChI is InChI=1S/C7H9NO/c9-7-5-6-3-1-2-4-8(6)7/h2,4,6H,1,3,5H2/t6-/m1/s1. The summed E-state index contributed by atoms with van der Waals surface area (Å²) in [4.78, 5) is 12.6. The van der Waals surface area contributed by atoms with Crippen molar-refractivity contribution < 1.29 is 4.79 Å². The Balaban J connectivity index is 2.16. The van der Waals surface area contributed by atoms with Crippen LogP contribution in [0.25, 0.3) is 0 Å². The van der Waals surface area contributed by atoms with E-state index in [1.165, 1.54) is 6.42 Å². The molecule has 0 aromatic carbocycles. The van der Waals surface area contributed by atoms with Crippen LogP contribution in [0.15, 0.2) is 12.3 Å². The Bertz CT molecular complexity index is 174. The van der Waals surface area contributed by atoms with Gasteiger partial charge in [0, 0.05) is 18.7 Å². The first kappa shape index (κ1) is 5.03. The summed E-state index contributed by atoms with van der Waals surface area (Å²) < 4.78 is 0. The molecule has 2 nitrogen and oxygen atoms in total. The molecule has 0 spiro atoms. The van der Waals surface area contributed by atoms with E-state index in [4.69, 9.17) is 0 Å². The minimum atomic E-state index is 0.288. The molecule has 2 aliphatic rings. The lowest BCUT2D eigenvalue weighted by Gasteiger charge is -2.40. The molecule has 0 aromatic heterocycles. The molecular formula is C7H9NO. The van der Waals surface area contributed by atoms with Gasteiger partial charge in [0.05, 0.1) is 0 Å². The summed E-state index contributed by atoms with van der Waals surface area (Å²) >= 11 is 0. The predicted molar refractivity (Wildman–Crippen MR) is 33.6 cm³/mol. The first-order chi connectivity index (χ1) is 4.38. The fraction of sp³-hybridized carbons (Fsp3) is 0.571. The van der Waals surface area contributed by atoms with Gasteiger partial charge in [-0.2, -0.15) is 0 Å². The Hall–Kier alpha value is -0.790. The molecule has 1 amide bonds. The molecule has 1 atom stereocenters. The molecule has 1 saturated heterocycles. The average Bonchev–Trinajstić information content (AvgIpc) is 1.86. The molecule has 0 aliphatic carbocycles. The van der Waals surface area contributed by atoms with Gasteiger partial charge in [-0.1, -0.05) is 6.08 Å². The zero-order chi connectivity index (χ0) is 6.27. The summed E-state index contributed by atoms with van der Waals surface area (Å²) in [5, 5.41) is 0. The number of fused-ring (bicyclic) bond motifs is 1. The molecule has 0 unspecified atom stereocenters. The van der Waals surface area contributed by atoms with Gasteiger partial charge in [-0.3, -0.25) is 4.79 Å². The van der Waals surface area contributed by atoms with Crippen LogP contribution in [0.2, 0.25) is 0 Å². The summed E-state index contributed by atoms with van der Waals surface area (Å²) in [7, 11) is 0. The van der Waals surface area contributed by atoms with Crippen molar-refractivity contribution in [2.24, 2.45) is 0 Å². The number of allylic oxidation sites excluding steroid dienone is 1. The second kappa shape index (κ2) is 1.59. The highest BCUT2D eigenvalue weighted by molar-refractivity contribution is 5.84. The van der Waals surface area contributed by atoms with Crippen molar-refractivity contribution in [3.05, 3.63) is 12.3 Å². The SMILES string of the molecule is O=C1C[C@H]2CCC=CN12. The summed E-state index contributed by atoms with van der Waals surface area (Å²) in [5.74, 6) is 0.288. The van der Waals surface area contributed by atoms with E-state index in [1.54, 1.807) is 0 Å². The third kappa shape index (κ3) is 0.590. The van der Waals surface area contributed by atoms with Crippen molar-refractivity contribution >= 4 is 5.91 Å². The van der Waals surface area contributed by atoms with Crippen LogP contribution in [0.5, 0.6) is 0 Å². The number of rotatable bonds is 0. The highest BCUT2D eigenvalue weighted by Gasteiger charge is 2.34. The van der Waals surface area contributed by atoms with Gasteiger partial charge in [0.2, 0.25) is 5.91 Å². The average molecular weight is 123 g/mol. The molecule has 0 bridgehead atoms. The van der Waals surface area contributed by atoms with E-state index in [1.807, 2.05) is 11.1 Å². The van der Waals surface area contributed by atoms with Crippen LogP contribution in [-0.2, 0) is 4.79 Å². The Morgan fingerprint density at radius 3 is 3.11 bits per heavy atom. The van der Waals surface area contributed by atoms with Crippen LogP contribution in [0.4, 0.5) is 0 Å². The first-order valence-corrected chi connectivity index (χ1v) is 3.36. The van der Waals surface area contributed by atoms with Crippen molar-refractivity contribution in [1.82, 2.24) is 4.90 Å². The summed E-state index contributed by atoms with van der Waals surface area (Å²) in [6, 6.07) is 0.558. The van der Waals surface area contributed by atoms with Gasteiger partial charge in [0.15, 0.2) is 0 Å². The molecule has 0 saturated carbocycles. The lowest BCUT2D eigenvalue weighted by atomic mass is 9.95. The van der Waals surface area contributed by atoms with Crippen molar-refractivity contribution in [2.45, 2.75) is 25.3 Å². The zero-order valence-corrected chi connectivity index (χ0v) is 5.21. The molecule has 1 fully saturated rings. The third-order valence-corrected chi connectivity index (χ3v) is 2.02. The van der Waals surface area contributed by atoms with E-state index in [-0.39, 0.29) is 5.91 Å². The van der Waals surface area contributed by atoms with Gasteiger partial charge in [-0.25, -0.2) is 0 Å². The van der Waals surface area contributed by atoms with Crippen molar-refractivity contribution in [3.8, 4) is 0 Å².